The van der Waals surface area contributed by atoms with Crippen molar-refractivity contribution in [2.75, 3.05) is 7.11 Å². The van der Waals surface area contributed by atoms with E-state index in [2.05, 4.69) is 0 Å². The van der Waals surface area contributed by atoms with Crippen LogP contribution in [0.5, 0.6) is 0 Å². The van der Waals surface area contributed by atoms with E-state index in [0.717, 1.165) is 7.11 Å². The zero-order valence-electron chi connectivity index (χ0n) is 7.24. The molecule has 0 aliphatic heterocycles. The fourth-order valence-corrected chi connectivity index (χ4v) is 0. The van der Waals surface area contributed by atoms with Gasteiger partial charge in [0.1, 0.15) is 0 Å². The third kappa shape index (κ3) is 2600. The highest BCUT2D eigenvalue weighted by molar-refractivity contribution is 3.18. The zero-order chi connectivity index (χ0) is 2.00. The Labute approximate surface area is 60.0 Å². The van der Waals surface area contributed by atoms with Crippen LogP contribution in [0.15, 0.2) is 0 Å². The summed E-state index contributed by atoms with van der Waals surface area (Å²) in [6.45, 7) is 0. The smallest absolute Gasteiger partial charge is 0.0319 e. The summed E-state index contributed by atoms with van der Waals surface area (Å²) in [6, 6.07) is 0. The molecule has 10 heavy (non-hydrogen) atoms. The Kier molecular flexibility index (Phi) is 684000. The van der Waals surface area contributed by atoms with E-state index in [1.54, 1.807) is 0 Å². The van der Waals surface area contributed by atoms with E-state index in [0.29, 0.717) is 0 Å². The van der Waals surface area contributed by atoms with Gasteiger partial charge in [0.15, 0.2) is 0 Å². The van der Waals surface area contributed by atoms with Crippen LogP contribution in [0.1, 0.15) is 0 Å². The van der Waals surface area contributed by atoms with Crippen LogP contribution in [0.25, 0.3) is 0 Å². The van der Waals surface area contributed by atoms with Gasteiger partial charge in [0.2, 0.25) is 0 Å². The molecule has 0 aliphatic carbocycles. The summed E-state index contributed by atoms with van der Waals surface area (Å²) in [6.07, 6.45) is 0. The molecule has 0 radical (unpaired) electrons. The number of rotatable bonds is 0. The highest BCUT2D eigenvalue weighted by atomic mass is 16.2. The molecule has 0 heterocycles. The number of aliphatic hydroxyl groups is 1. The van der Waals surface area contributed by atoms with Crippen LogP contribution in [0.3, 0.4) is 0 Å². The van der Waals surface area contributed by atoms with E-state index in [4.69, 9.17) is 5.11 Å². The molecule has 9 heteroatoms. The zero-order valence-corrected chi connectivity index (χ0v) is 7.24. The maximum Gasteiger partial charge on any atom is 0.0319 e. The van der Waals surface area contributed by atoms with Crippen LogP contribution in [0, 0.1) is 0 Å². The molecule has 0 aliphatic rings. The maximum absolute atomic E-state index is 7.00. The first kappa shape index (κ1) is 1760. The van der Waals surface area contributed by atoms with Crippen molar-refractivity contribution < 1.29 is 27.0 Å². The van der Waals surface area contributed by atoms with Crippen molar-refractivity contribution >= 4 is 0 Å². The van der Waals surface area contributed by atoms with Crippen LogP contribution < -0.4 is 24.6 Å². The Morgan fingerprint density at radius 3 is 0.500 bits per heavy atom. The van der Waals surface area contributed by atoms with Crippen molar-refractivity contribution in [3.63, 3.8) is 0 Å². The minimum Gasteiger partial charge on any atom is -0.870 e. The fourth-order valence-electron chi connectivity index (χ4n) is 0. The molecule has 0 aromatic carbocycles. The first-order chi connectivity index (χ1) is 1.00. The third-order valence-electron chi connectivity index (χ3n) is 0. The van der Waals surface area contributed by atoms with Gasteiger partial charge in [0.25, 0.3) is 0 Å². The molecule has 0 aromatic heterocycles. The van der Waals surface area contributed by atoms with E-state index in [1.165, 1.54) is 0 Å². The van der Waals surface area contributed by atoms with Crippen molar-refractivity contribution in [3.8, 4) is 0 Å². The predicted molar refractivity (Wildman–Crippen MR) is 39.8 cm³/mol. The molecule has 0 atom stereocenters. The quantitative estimate of drug-likeness (QED) is 0.345. The SMILES string of the molecule is CO.[NH4+].[NH4+].[NH4+].[NH4+].[OH-].[OH-].[OH-].[OH-]. The molecule has 0 bridgehead atoms. The molecule has 0 rings (SSSR count). The van der Waals surface area contributed by atoms with Gasteiger partial charge in [-0.3, -0.25) is 0 Å². The third-order valence-corrected chi connectivity index (χ3v) is 0. The molecule has 21 N–H and O–H groups in total. The lowest BCUT2D eigenvalue weighted by Crippen LogP contribution is -1.25. The number of hydrogen-bond donors (Lipinski definition) is 5. The van der Waals surface area contributed by atoms with Gasteiger partial charge in [-0.15, -0.1) is 0 Å². The Bertz CT molecular complexity index is 13.6. The molecule has 0 spiro atoms. The average Bonchev–Trinajstić information content (AvgIpc) is 1.00. The molecule has 0 fully saturated rings. The minimum atomic E-state index is 0. The van der Waals surface area contributed by atoms with E-state index < -0.39 is 0 Å². The summed E-state index contributed by atoms with van der Waals surface area (Å²) in [5.74, 6) is 0. The molecule has 0 saturated heterocycles. The van der Waals surface area contributed by atoms with E-state index in [1.807, 2.05) is 0 Å². The second-order valence-electron chi connectivity index (χ2n) is 0. The molecular formula is CH24N4O5. The lowest BCUT2D eigenvalue weighted by atomic mass is 11.8. The fraction of sp³-hybridized carbons (Fsp3) is 1.00. The van der Waals surface area contributed by atoms with Crippen molar-refractivity contribution in [3.05, 3.63) is 0 Å². The van der Waals surface area contributed by atoms with Crippen molar-refractivity contribution in [1.82, 2.24) is 24.6 Å². The van der Waals surface area contributed by atoms with Gasteiger partial charge >= 0.3 is 0 Å². The summed E-state index contributed by atoms with van der Waals surface area (Å²) in [4.78, 5) is 0. The minimum absolute atomic E-state index is 0. The summed E-state index contributed by atoms with van der Waals surface area (Å²) in [5, 5.41) is 7.00. The topological polar surface area (TPSA) is 286 Å². The number of hydrogen-bond acceptors (Lipinski definition) is 5. The molecule has 9 nitrogen and oxygen atoms in total. The van der Waals surface area contributed by atoms with Gasteiger partial charge in [-0.25, -0.2) is 0 Å². The van der Waals surface area contributed by atoms with Crippen LogP contribution in [0.4, 0.5) is 0 Å². The van der Waals surface area contributed by atoms with Crippen molar-refractivity contribution in [2.24, 2.45) is 0 Å². The van der Waals surface area contributed by atoms with E-state index in [-0.39, 0.29) is 46.5 Å². The maximum atomic E-state index is 7.00. The molecular weight excluding hydrogens is 148 g/mol. The van der Waals surface area contributed by atoms with Gasteiger partial charge in [-0.05, 0) is 0 Å². The Morgan fingerprint density at radius 1 is 0.500 bits per heavy atom. The molecule has 0 amide bonds. The lowest BCUT2D eigenvalue weighted by molar-refractivity contribution is 0.399. The Morgan fingerprint density at radius 2 is 0.500 bits per heavy atom. The Balaban J connectivity index is -0.000000000179. The van der Waals surface area contributed by atoms with Crippen molar-refractivity contribution in [1.29, 1.82) is 0 Å². The van der Waals surface area contributed by atoms with Crippen LogP contribution >= 0.6 is 0 Å². The lowest BCUT2D eigenvalue weighted by Gasteiger charge is -1.21. The largest absolute Gasteiger partial charge is 0.870 e. The van der Waals surface area contributed by atoms with Gasteiger partial charge in [-0.2, -0.15) is 0 Å². The summed E-state index contributed by atoms with van der Waals surface area (Å²) >= 11 is 0. The van der Waals surface area contributed by atoms with Crippen LogP contribution in [-0.4, -0.2) is 34.1 Å². The van der Waals surface area contributed by atoms with Crippen molar-refractivity contribution in [2.45, 2.75) is 0 Å². The highest BCUT2D eigenvalue weighted by Gasteiger charge is 0.839. The number of aliphatic hydroxyl groups excluding tert-OH is 1. The Hall–Kier alpha value is -0.360. The molecule has 0 aromatic rings. The monoisotopic (exact) mass is 172 g/mol. The van der Waals surface area contributed by atoms with Gasteiger partial charge < -0.3 is 51.6 Å². The summed E-state index contributed by atoms with van der Waals surface area (Å²) < 4.78 is 0. The van der Waals surface area contributed by atoms with Gasteiger partial charge in [0, 0.05) is 7.11 Å². The molecule has 0 unspecified atom stereocenters. The predicted octanol–water partition coefficient (Wildman–Crippen LogP) is 0.406. The molecule has 0 saturated carbocycles. The average molecular weight is 172 g/mol. The van der Waals surface area contributed by atoms with Crippen LogP contribution in [-0.2, 0) is 0 Å². The number of quaternary nitrogens is 4. The van der Waals surface area contributed by atoms with Gasteiger partial charge in [0.05, 0.1) is 0 Å². The van der Waals surface area contributed by atoms with Crippen LogP contribution in [0.2, 0.25) is 0 Å². The second-order valence-corrected chi connectivity index (χ2v) is 0. The summed E-state index contributed by atoms with van der Waals surface area (Å²) in [7, 11) is 1.00. The first-order valence-corrected chi connectivity index (χ1v) is 0.447. The van der Waals surface area contributed by atoms with E-state index in [9.17, 15) is 0 Å². The van der Waals surface area contributed by atoms with Gasteiger partial charge in [-0.1, -0.05) is 0 Å². The highest BCUT2D eigenvalue weighted by Crippen LogP contribution is 0.755. The first-order valence-electron chi connectivity index (χ1n) is 0.447. The normalized spacial score (nSPS) is 0.600. The standard InChI is InChI=1S/CH4O.4H3N.4H2O/c1-2;;;;;;;;/h2H,1H3;4*1H3;4*1H2. The van der Waals surface area contributed by atoms with E-state index >= 15 is 0 Å². The summed E-state index contributed by atoms with van der Waals surface area (Å²) in [5.41, 5.74) is 0. The molecule has 78 valence electrons. The second kappa shape index (κ2) is 3890.